The van der Waals surface area contributed by atoms with E-state index in [4.69, 9.17) is 4.42 Å². The largest absolute Gasteiger partial charge is 0.461 e. The Hall–Kier alpha value is -3.65. The van der Waals surface area contributed by atoms with E-state index in [-0.39, 0.29) is 5.69 Å². The van der Waals surface area contributed by atoms with Gasteiger partial charge in [-0.15, -0.1) is 10.2 Å². The third-order valence-electron chi connectivity index (χ3n) is 4.11. The maximum absolute atomic E-state index is 10.7. The Morgan fingerprint density at radius 2 is 1.83 bits per heavy atom. The summed E-state index contributed by atoms with van der Waals surface area (Å²) in [6.07, 6.45) is 5.52. The van der Waals surface area contributed by atoms with Crippen molar-refractivity contribution in [2.45, 2.75) is 5.16 Å². The zero-order valence-electron chi connectivity index (χ0n) is 15.2. The van der Waals surface area contributed by atoms with Crippen molar-refractivity contribution in [1.82, 2.24) is 14.8 Å². The zero-order chi connectivity index (χ0) is 20.1. The van der Waals surface area contributed by atoms with Gasteiger partial charge in [-0.25, -0.2) is 0 Å². The summed E-state index contributed by atoms with van der Waals surface area (Å²) in [5, 5.41) is 20.1. The van der Waals surface area contributed by atoms with Crippen molar-refractivity contribution in [2.75, 3.05) is 5.75 Å². The molecule has 0 amide bonds. The lowest BCUT2D eigenvalue weighted by molar-refractivity contribution is -0.384. The summed E-state index contributed by atoms with van der Waals surface area (Å²) < 4.78 is 7.47. The summed E-state index contributed by atoms with van der Waals surface area (Å²) in [6.45, 7) is 0. The topological polar surface area (TPSA) is 87.0 Å². The van der Waals surface area contributed by atoms with Gasteiger partial charge in [-0.2, -0.15) is 0 Å². The molecular weight excluding hydrogens is 388 g/mol. The molecule has 0 atom stereocenters. The molecule has 0 unspecified atom stereocenters. The number of nitrogens with zero attached hydrogens (tertiary/aromatic N) is 4. The summed E-state index contributed by atoms with van der Waals surface area (Å²) in [5.41, 5.74) is 1.93. The molecule has 7 nitrogen and oxygen atoms in total. The minimum atomic E-state index is -0.406. The second-order valence-corrected chi connectivity index (χ2v) is 7.00. The number of furan rings is 1. The van der Waals surface area contributed by atoms with Crippen LogP contribution in [-0.2, 0) is 0 Å². The van der Waals surface area contributed by atoms with Crippen LogP contribution in [0.1, 0.15) is 5.56 Å². The van der Waals surface area contributed by atoms with Crippen LogP contribution in [0.5, 0.6) is 0 Å². The standard InChI is InChI=1S/C21H16N4O3S/c26-25(27)18-12-10-16(11-13-18)6-5-15-29-21-23-22-20(19-9-4-14-28-19)24(21)17-7-2-1-3-8-17/h1-14H,15H2/b6-5+. The van der Waals surface area contributed by atoms with Gasteiger partial charge in [-0.1, -0.05) is 42.1 Å². The first-order chi connectivity index (χ1) is 14.2. The molecule has 0 bridgehead atoms. The Morgan fingerprint density at radius 1 is 1.03 bits per heavy atom. The van der Waals surface area contributed by atoms with Crippen LogP contribution in [0, 0.1) is 10.1 Å². The lowest BCUT2D eigenvalue weighted by atomic mass is 10.2. The van der Waals surface area contributed by atoms with Crippen LogP contribution in [0.4, 0.5) is 5.69 Å². The normalized spacial score (nSPS) is 11.2. The second-order valence-electron chi connectivity index (χ2n) is 6.02. The fourth-order valence-corrected chi connectivity index (χ4v) is 3.51. The first kappa shape index (κ1) is 18.7. The molecular formula is C21H16N4O3S. The molecule has 2 aromatic carbocycles. The second kappa shape index (κ2) is 8.57. The quantitative estimate of drug-likeness (QED) is 0.238. The number of benzene rings is 2. The predicted octanol–water partition coefficient (Wildman–Crippen LogP) is 5.24. The van der Waals surface area contributed by atoms with E-state index in [0.29, 0.717) is 17.3 Å². The maximum Gasteiger partial charge on any atom is 0.269 e. The minimum Gasteiger partial charge on any atom is -0.461 e. The van der Waals surface area contributed by atoms with Gasteiger partial charge in [0.1, 0.15) is 0 Å². The molecule has 0 aliphatic carbocycles. The van der Waals surface area contributed by atoms with Gasteiger partial charge in [-0.05, 0) is 42.0 Å². The van der Waals surface area contributed by atoms with E-state index in [1.54, 1.807) is 18.4 Å². The van der Waals surface area contributed by atoms with Crippen LogP contribution in [-0.4, -0.2) is 25.4 Å². The number of nitro groups is 1. The molecule has 0 radical (unpaired) electrons. The van der Waals surface area contributed by atoms with Crippen molar-refractivity contribution in [3.63, 3.8) is 0 Å². The molecule has 4 rings (SSSR count). The number of para-hydroxylation sites is 1. The molecule has 0 saturated carbocycles. The fourth-order valence-electron chi connectivity index (χ4n) is 2.75. The number of hydrogen-bond acceptors (Lipinski definition) is 6. The summed E-state index contributed by atoms with van der Waals surface area (Å²) in [7, 11) is 0. The Labute approximate surface area is 170 Å². The Kier molecular flexibility index (Phi) is 5.53. The van der Waals surface area contributed by atoms with E-state index < -0.39 is 4.92 Å². The summed E-state index contributed by atoms with van der Waals surface area (Å²) in [6, 6.07) is 20.0. The van der Waals surface area contributed by atoms with Crippen molar-refractivity contribution in [2.24, 2.45) is 0 Å². The van der Waals surface area contributed by atoms with Crippen LogP contribution in [0.15, 0.2) is 88.6 Å². The molecule has 2 heterocycles. The molecule has 8 heteroatoms. The van der Waals surface area contributed by atoms with Crippen molar-refractivity contribution in [3.05, 3.63) is 94.7 Å². The predicted molar refractivity (Wildman–Crippen MR) is 112 cm³/mol. The van der Waals surface area contributed by atoms with E-state index in [1.807, 2.05) is 59.2 Å². The fraction of sp³-hybridized carbons (Fsp3) is 0.0476. The molecule has 0 saturated heterocycles. The number of thioether (sulfide) groups is 1. The highest BCUT2D eigenvalue weighted by atomic mass is 32.2. The smallest absolute Gasteiger partial charge is 0.269 e. The van der Waals surface area contributed by atoms with Gasteiger partial charge >= 0.3 is 0 Å². The highest BCUT2D eigenvalue weighted by molar-refractivity contribution is 7.99. The van der Waals surface area contributed by atoms with Gasteiger partial charge in [0, 0.05) is 23.6 Å². The highest BCUT2D eigenvalue weighted by Crippen LogP contribution is 2.28. The highest BCUT2D eigenvalue weighted by Gasteiger charge is 2.17. The van der Waals surface area contributed by atoms with Crippen LogP contribution in [0.25, 0.3) is 23.3 Å². The summed E-state index contributed by atoms with van der Waals surface area (Å²) in [4.78, 5) is 10.3. The van der Waals surface area contributed by atoms with Gasteiger partial charge in [-0.3, -0.25) is 14.7 Å². The van der Waals surface area contributed by atoms with Gasteiger partial charge in [0.25, 0.3) is 5.69 Å². The van der Waals surface area contributed by atoms with Crippen LogP contribution >= 0.6 is 11.8 Å². The molecule has 144 valence electrons. The Morgan fingerprint density at radius 3 is 2.52 bits per heavy atom. The van der Waals surface area contributed by atoms with Crippen molar-refractivity contribution in [3.8, 4) is 17.3 Å². The number of aromatic nitrogens is 3. The van der Waals surface area contributed by atoms with Crippen LogP contribution < -0.4 is 0 Å². The first-order valence-corrected chi connectivity index (χ1v) is 9.79. The molecule has 0 aliphatic rings. The van der Waals surface area contributed by atoms with Crippen LogP contribution in [0.2, 0.25) is 0 Å². The average molecular weight is 404 g/mol. The summed E-state index contributed by atoms with van der Waals surface area (Å²) >= 11 is 1.54. The third-order valence-corrected chi connectivity index (χ3v) is 4.99. The van der Waals surface area contributed by atoms with Gasteiger partial charge in [0.2, 0.25) is 5.82 Å². The molecule has 0 aliphatic heterocycles. The zero-order valence-corrected chi connectivity index (χ0v) is 16.0. The van der Waals surface area contributed by atoms with Gasteiger partial charge in [0.15, 0.2) is 10.9 Å². The molecule has 0 N–H and O–H groups in total. The molecule has 0 spiro atoms. The number of nitro benzene ring substituents is 1. The monoisotopic (exact) mass is 404 g/mol. The Bertz CT molecular complexity index is 1120. The number of hydrogen-bond donors (Lipinski definition) is 0. The maximum atomic E-state index is 10.7. The van der Waals surface area contributed by atoms with E-state index in [2.05, 4.69) is 10.2 Å². The van der Waals surface area contributed by atoms with Gasteiger partial charge in [0.05, 0.1) is 11.2 Å². The SMILES string of the molecule is O=[N+]([O-])c1ccc(/C=C/CSc2nnc(-c3ccco3)n2-c2ccccc2)cc1. The lowest BCUT2D eigenvalue weighted by Crippen LogP contribution is -1.99. The number of rotatable bonds is 7. The van der Waals surface area contributed by atoms with E-state index in [1.165, 1.54) is 23.9 Å². The Balaban J connectivity index is 1.52. The average Bonchev–Trinajstić information content (AvgIpc) is 3.42. The lowest BCUT2D eigenvalue weighted by Gasteiger charge is -2.08. The minimum absolute atomic E-state index is 0.0814. The summed E-state index contributed by atoms with van der Waals surface area (Å²) in [5.74, 6) is 1.96. The van der Waals surface area contributed by atoms with Crippen LogP contribution in [0.3, 0.4) is 0 Å². The van der Waals surface area contributed by atoms with Crippen molar-refractivity contribution in [1.29, 1.82) is 0 Å². The van der Waals surface area contributed by atoms with E-state index >= 15 is 0 Å². The third kappa shape index (κ3) is 4.27. The van der Waals surface area contributed by atoms with Crippen molar-refractivity contribution < 1.29 is 9.34 Å². The van der Waals surface area contributed by atoms with E-state index in [0.717, 1.165) is 16.4 Å². The van der Waals surface area contributed by atoms with Crippen molar-refractivity contribution >= 4 is 23.5 Å². The van der Waals surface area contributed by atoms with E-state index in [9.17, 15) is 10.1 Å². The van der Waals surface area contributed by atoms with Gasteiger partial charge < -0.3 is 4.42 Å². The molecule has 4 aromatic rings. The molecule has 29 heavy (non-hydrogen) atoms. The number of non-ortho nitro benzene ring substituents is 1. The molecule has 2 aromatic heterocycles. The molecule has 0 fully saturated rings. The first-order valence-electron chi connectivity index (χ1n) is 8.81.